The third-order valence-electron chi connectivity index (χ3n) is 3.69. The summed E-state index contributed by atoms with van der Waals surface area (Å²) in [5, 5.41) is 0. The maximum absolute atomic E-state index is 13.7. The van der Waals surface area contributed by atoms with Gasteiger partial charge in [-0.2, -0.15) is 4.31 Å². The second-order valence-electron chi connectivity index (χ2n) is 5.23. The predicted molar refractivity (Wildman–Crippen MR) is 83.0 cm³/mol. The summed E-state index contributed by atoms with van der Waals surface area (Å²) in [5.74, 6) is -1.65. The molecule has 24 heavy (non-hydrogen) atoms. The van der Waals surface area contributed by atoms with Gasteiger partial charge in [-0.15, -0.1) is 0 Å². The lowest BCUT2D eigenvalue weighted by Gasteiger charge is -2.33. The summed E-state index contributed by atoms with van der Waals surface area (Å²) < 4.78 is 44.6. The van der Waals surface area contributed by atoms with Gasteiger partial charge >= 0.3 is 5.97 Å². The summed E-state index contributed by atoms with van der Waals surface area (Å²) in [6.07, 6.45) is 0.182. The maximum Gasteiger partial charge on any atom is 0.306 e. The van der Waals surface area contributed by atoms with E-state index in [9.17, 15) is 22.4 Å². The smallest absolute Gasteiger partial charge is 0.306 e. The molecule has 0 atom stereocenters. The third kappa shape index (κ3) is 4.09. The van der Waals surface area contributed by atoms with Gasteiger partial charge in [0, 0.05) is 32.6 Å². The molecule has 1 aromatic rings. The number of piperazine rings is 1. The van der Waals surface area contributed by atoms with Gasteiger partial charge in [-0.3, -0.25) is 9.59 Å². The number of ether oxygens (including phenoxy) is 1. The molecule has 0 saturated carbocycles. The van der Waals surface area contributed by atoms with E-state index < -0.39 is 21.8 Å². The number of carbonyl (C=O) groups excluding carboxylic acids is 2. The van der Waals surface area contributed by atoms with Crippen LogP contribution >= 0.6 is 0 Å². The Labute approximate surface area is 140 Å². The SMILES string of the molecule is CCC(=O)OCC(=O)N1CCN(S(=O)(=O)c2ccccc2F)CC1. The van der Waals surface area contributed by atoms with E-state index in [1.165, 1.54) is 23.1 Å². The highest BCUT2D eigenvalue weighted by molar-refractivity contribution is 7.89. The van der Waals surface area contributed by atoms with Gasteiger partial charge in [0.2, 0.25) is 10.0 Å². The Balaban J connectivity index is 1.96. The van der Waals surface area contributed by atoms with Crippen LogP contribution in [0.15, 0.2) is 29.2 Å². The fourth-order valence-corrected chi connectivity index (χ4v) is 3.79. The molecular formula is C15H19FN2O5S. The minimum absolute atomic E-state index is 0.0597. The van der Waals surface area contributed by atoms with Gasteiger partial charge in [0.15, 0.2) is 6.61 Å². The number of rotatable bonds is 5. The van der Waals surface area contributed by atoms with Crippen molar-refractivity contribution in [3.63, 3.8) is 0 Å². The summed E-state index contributed by atoms with van der Waals surface area (Å²) in [5.41, 5.74) is 0. The molecule has 9 heteroatoms. The summed E-state index contributed by atoms with van der Waals surface area (Å²) >= 11 is 0. The molecular weight excluding hydrogens is 339 g/mol. The first-order valence-electron chi connectivity index (χ1n) is 7.54. The van der Waals surface area contributed by atoms with Gasteiger partial charge in [0.25, 0.3) is 5.91 Å². The van der Waals surface area contributed by atoms with Crippen LogP contribution in [0.5, 0.6) is 0 Å². The molecule has 1 fully saturated rings. The topological polar surface area (TPSA) is 84.0 Å². The summed E-state index contributed by atoms with van der Waals surface area (Å²) in [7, 11) is -3.94. The maximum atomic E-state index is 13.7. The molecule has 1 aromatic carbocycles. The van der Waals surface area contributed by atoms with Crippen molar-refractivity contribution in [1.82, 2.24) is 9.21 Å². The standard InChI is InChI=1S/C15H19FN2O5S/c1-2-15(20)23-11-14(19)17-7-9-18(10-8-17)24(21,22)13-6-4-3-5-12(13)16/h3-6H,2,7-11H2,1H3. The number of halogens is 1. The zero-order chi connectivity index (χ0) is 17.7. The van der Waals surface area contributed by atoms with Crippen molar-refractivity contribution >= 4 is 21.9 Å². The number of sulfonamides is 1. The van der Waals surface area contributed by atoms with Crippen LogP contribution < -0.4 is 0 Å². The lowest BCUT2D eigenvalue weighted by atomic mass is 10.3. The van der Waals surface area contributed by atoms with Gasteiger partial charge < -0.3 is 9.64 Å². The summed E-state index contributed by atoms with van der Waals surface area (Å²) in [6.45, 7) is 1.71. The van der Waals surface area contributed by atoms with E-state index in [1.807, 2.05) is 0 Å². The van der Waals surface area contributed by atoms with E-state index in [4.69, 9.17) is 4.74 Å². The Hall–Kier alpha value is -2.00. The number of nitrogens with zero attached hydrogens (tertiary/aromatic N) is 2. The van der Waals surface area contributed by atoms with Crippen LogP contribution in [-0.4, -0.2) is 62.3 Å². The van der Waals surface area contributed by atoms with Crippen molar-refractivity contribution in [1.29, 1.82) is 0 Å². The molecule has 0 bridgehead atoms. The Morgan fingerprint density at radius 1 is 1.17 bits per heavy atom. The normalized spacial score (nSPS) is 16.0. The molecule has 0 aromatic heterocycles. The molecule has 0 N–H and O–H groups in total. The lowest BCUT2D eigenvalue weighted by Crippen LogP contribution is -2.51. The van der Waals surface area contributed by atoms with Crippen molar-refractivity contribution in [3.8, 4) is 0 Å². The first kappa shape index (κ1) is 18.3. The van der Waals surface area contributed by atoms with E-state index in [0.717, 1.165) is 10.4 Å². The average Bonchev–Trinajstić information content (AvgIpc) is 2.59. The molecule has 1 saturated heterocycles. The molecule has 2 rings (SSSR count). The van der Waals surface area contributed by atoms with E-state index in [-0.39, 0.29) is 50.0 Å². The number of hydrogen-bond donors (Lipinski definition) is 0. The fourth-order valence-electron chi connectivity index (χ4n) is 2.31. The van der Waals surface area contributed by atoms with Crippen molar-refractivity contribution < 1.29 is 27.1 Å². The van der Waals surface area contributed by atoms with Crippen LogP contribution in [0.1, 0.15) is 13.3 Å². The Bertz CT molecular complexity index is 714. The lowest BCUT2D eigenvalue weighted by molar-refractivity contribution is -0.152. The molecule has 1 aliphatic rings. The molecule has 1 amide bonds. The Morgan fingerprint density at radius 2 is 1.79 bits per heavy atom. The van der Waals surface area contributed by atoms with Crippen LogP contribution in [0.4, 0.5) is 4.39 Å². The minimum Gasteiger partial charge on any atom is -0.456 e. The van der Waals surface area contributed by atoms with E-state index in [1.54, 1.807) is 6.92 Å². The van der Waals surface area contributed by atoms with Gasteiger partial charge in [0.1, 0.15) is 10.7 Å². The third-order valence-corrected chi connectivity index (χ3v) is 5.62. The molecule has 7 nitrogen and oxygen atoms in total. The molecule has 1 heterocycles. The first-order chi connectivity index (χ1) is 11.4. The highest BCUT2D eigenvalue weighted by Gasteiger charge is 2.31. The number of benzene rings is 1. The zero-order valence-corrected chi connectivity index (χ0v) is 14.1. The van der Waals surface area contributed by atoms with Crippen LogP contribution in [-0.2, 0) is 24.3 Å². The zero-order valence-electron chi connectivity index (χ0n) is 13.3. The van der Waals surface area contributed by atoms with Crippen LogP contribution in [0.2, 0.25) is 0 Å². The van der Waals surface area contributed by atoms with Crippen molar-refractivity contribution in [3.05, 3.63) is 30.1 Å². The molecule has 0 aliphatic carbocycles. The highest BCUT2D eigenvalue weighted by Crippen LogP contribution is 2.20. The second-order valence-corrected chi connectivity index (χ2v) is 7.14. The largest absolute Gasteiger partial charge is 0.456 e. The number of hydrogen-bond acceptors (Lipinski definition) is 5. The molecule has 0 spiro atoms. The minimum atomic E-state index is -3.94. The number of amides is 1. The van der Waals surface area contributed by atoms with E-state index in [0.29, 0.717) is 0 Å². The molecule has 1 aliphatic heterocycles. The summed E-state index contributed by atoms with van der Waals surface area (Å²) in [4.78, 5) is 24.0. The molecule has 132 valence electrons. The molecule has 0 radical (unpaired) electrons. The quantitative estimate of drug-likeness (QED) is 0.720. The van der Waals surface area contributed by atoms with Crippen molar-refractivity contribution in [2.75, 3.05) is 32.8 Å². The van der Waals surface area contributed by atoms with Crippen LogP contribution in [0.25, 0.3) is 0 Å². The highest BCUT2D eigenvalue weighted by atomic mass is 32.2. The number of carbonyl (C=O) groups is 2. The van der Waals surface area contributed by atoms with E-state index in [2.05, 4.69) is 0 Å². The van der Waals surface area contributed by atoms with Gasteiger partial charge in [-0.25, -0.2) is 12.8 Å². The van der Waals surface area contributed by atoms with E-state index >= 15 is 0 Å². The predicted octanol–water partition coefficient (Wildman–Crippen LogP) is 0.612. The molecule has 0 unspecified atom stereocenters. The van der Waals surface area contributed by atoms with Gasteiger partial charge in [0.05, 0.1) is 0 Å². The van der Waals surface area contributed by atoms with Gasteiger partial charge in [-0.05, 0) is 12.1 Å². The van der Waals surface area contributed by atoms with Crippen molar-refractivity contribution in [2.45, 2.75) is 18.2 Å². The average molecular weight is 358 g/mol. The van der Waals surface area contributed by atoms with Crippen LogP contribution in [0, 0.1) is 5.82 Å². The first-order valence-corrected chi connectivity index (χ1v) is 8.98. The summed E-state index contributed by atoms with van der Waals surface area (Å²) in [6, 6.07) is 5.18. The monoisotopic (exact) mass is 358 g/mol. The Morgan fingerprint density at radius 3 is 2.38 bits per heavy atom. The second kappa shape index (κ2) is 7.71. The fraction of sp³-hybridized carbons (Fsp3) is 0.467. The van der Waals surface area contributed by atoms with Crippen LogP contribution in [0.3, 0.4) is 0 Å². The van der Waals surface area contributed by atoms with Crippen molar-refractivity contribution in [2.24, 2.45) is 0 Å². The number of esters is 1. The van der Waals surface area contributed by atoms with Gasteiger partial charge in [-0.1, -0.05) is 19.1 Å². The Kier molecular flexibility index (Phi) is 5.89.